The van der Waals surface area contributed by atoms with Gasteiger partial charge in [-0.3, -0.25) is 0 Å². The first-order chi connectivity index (χ1) is 19.8. The Kier molecular flexibility index (Phi) is 5.03. The molecule has 3 heterocycles. The summed E-state index contributed by atoms with van der Waals surface area (Å²) < 4.78 is 0. The first-order valence-corrected chi connectivity index (χ1v) is 13.0. The van der Waals surface area contributed by atoms with Crippen molar-refractivity contribution >= 4 is 11.0 Å². The van der Waals surface area contributed by atoms with Crippen LogP contribution in [0.1, 0.15) is 0 Å². The van der Waals surface area contributed by atoms with Gasteiger partial charge >= 0.3 is 0 Å². The number of hydrogen-bond acceptors (Lipinski definition) is 6. The summed E-state index contributed by atoms with van der Waals surface area (Å²) in [4.78, 5) is 28.7. The van der Waals surface area contributed by atoms with Gasteiger partial charge < -0.3 is 0 Å². The number of benzene rings is 4. The van der Waals surface area contributed by atoms with Gasteiger partial charge in [-0.2, -0.15) is 0 Å². The lowest BCUT2D eigenvalue weighted by Crippen LogP contribution is -1.98. The van der Waals surface area contributed by atoms with Gasteiger partial charge in [0, 0.05) is 40.2 Å². The molecule has 0 saturated carbocycles. The zero-order valence-corrected chi connectivity index (χ0v) is 21.2. The number of aromatic nitrogens is 6. The van der Waals surface area contributed by atoms with E-state index in [1.807, 2.05) is 60.7 Å². The molecular weight excluding hydrogens is 492 g/mol. The lowest BCUT2D eigenvalue weighted by atomic mass is 10.0. The van der Waals surface area contributed by atoms with Crippen LogP contribution in [0.5, 0.6) is 0 Å². The van der Waals surface area contributed by atoms with Crippen LogP contribution in [0, 0.1) is 0 Å². The minimum Gasteiger partial charge on any atom is -0.237 e. The van der Waals surface area contributed by atoms with Crippen molar-refractivity contribution in [2.45, 2.75) is 0 Å². The minimum absolute atomic E-state index is 0.620. The highest BCUT2D eigenvalue weighted by Crippen LogP contribution is 2.45. The van der Waals surface area contributed by atoms with Crippen LogP contribution in [-0.2, 0) is 0 Å². The average Bonchev–Trinajstić information content (AvgIpc) is 3.36. The van der Waals surface area contributed by atoms with Crippen LogP contribution in [0.2, 0.25) is 0 Å². The van der Waals surface area contributed by atoms with Gasteiger partial charge in [0.1, 0.15) is 0 Å². The van der Waals surface area contributed by atoms with E-state index < -0.39 is 0 Å². The zero-order chi connectivity index (χ0) is 26.5. The molecule has 0 unspecified atom stereocenters. The van der Waals surface area contributed by atoms with E-state index in [9.17, 15) is 0 Å². The highest BCUT2D eigenvalue weighted by Gasteiger charge is 2.27. The van der Waals surface area contributed by atoms with Gasteiger partial charge in [0.25, 0.3) is 0 Å². The fourth-order valence-corrected chi connectivity index (χ4v) is 5.24. The lowest BCUT2D eigenvalue weighted by Gasteiger charge is -2.08. The molecule has 3 aromatic heterocycles. The number of fused-ring (bicyclic) bond motifs is 3. The molecule has 8 rings (SSSR count). The predicted molar refractivity (Wildman–Crippen MR) is 157 cm³/mol. The van der Waals surface area contributed by atoms with Crippen molar-refractivity contribution in [3.63, 3.8) is 0 Å². The maximum atomic E-state index is 5.03. The fraction of sp³-hybridized carbons (Fsp3) is 0. The molecule has 186 valence electrons. The maximum Gasteiger partial charge on any atom is 0.168 e. The number of nitrogens with zero attached hydrogens (tertiary/aromatic N) is 6. The molecule has 0 aliphatic heterocycles. The zero-order valence-electron chi connectivity index (χ0n) is 21.2. The Morgan fingerprint density at radius 2 is 0.800 bits per heavy atom. The summed E-state index contributed by atoms with van der Waals surface area (Å²) in [7, 11) is 0. The monoisotopic (exact) mass is 512 g/mol. The van der Waals surface area contributed by atoms with E-state index in [0.717, 1.165) is 50.2 Å². The Bertz CT molecular complexity index is 1880. The SMILES string of the molecule is c1ccc(-c2ccc(-c3nc4c5c(nc(-c6ccc(-c7ncccn7)cc6)nc5n3)-c3ccccc3-4)cc2)cc1. The molecule has 0 spiro atoms. The molecule has 6 heteroatoms. The molecule has 1 aliphatic rings. The number of rotatable bonds is 4. The molecule has 0 saturated heterocycles. The lowest BCUT2D eigenvalue weighted by molar-refractivity contribution is 1.16. The molecule has 6 nitrogen and oxygen atoms in total. The third kappa shape index (κ3) is 3.66. The molecule has 4 aromatic carbocycles. The predicted octanol–water partition coefficient (Wildman–Crippen LogP) is 7.53. The van der Waals surface area contributed by atoms with Gasteiger partial charge in [0.2, 0.25) is 0 Å². The Hall–Kier alpha value is -5.62. The average molecular weight is 513 g/mol. The second-order valence-electron chi connectivity index (χ2n) is 9.63. The third-order valence-corrected chi connectivity index (χ3v) is 7.21. The first kappa shape index (κ1) is 22.4. The smallest absolute Gasteiger partial charge is 0.168 e. The van der Waals surface area contributed by atoms with Crippen molar-refractivity contribution in [1.29, 1.82) is 0 Å². The van der Waals surface area contributed by atoms with Gasteiger partial charge in [-0.25, -0.2) is 29.9 Å². The van der Waals surface area contributed by atoms with Gasteiger partial charge in [-0.05, 0) is 17.2 Å². The molecule has 1 aliphatic carbocycles. The van der Waals surface area contributed by atoms with Gasteiger partial charge in [-0.15, -0.1) is 0 Å². The second kappa shape index (κ2) is 8.99. The van der Waals surface area contributed by atoms with Crippen LogP contribution in [0.25, 0.3) is 78.8 Å². The van der Waals surface area contributed by atoms with Crippen LogP contribution >= 0.6 is 0 Å². The Morgan fingerprint density at radius 1 is 0.350 bits per heavy atom. The number of hydrogen-bond donors (Lipinski definition) is 0. The second-order valence-corrected chi connectivity index (χ2v) is 9.63. The van der Waals surface area contributed by atoms with Crippen LogP contribution in [0.3, 0.4) is 0 Å². The van der Waals surface area contributed by atoms with Crippen molar-refractivity contribution in [2.24, 2.45) is 0 Å². The third-order valence-electron chi connectivity index (χ3n) is 7.21. The van der Waals surface area contributed by atoms with E-state index in [0.29, 0.717) is 23.1 Å². The van der Waals surface area contributed by atoms with E-state index >= 15 is 0 Å². The summed E-state index contributed by atoms with van der Waals surface area (Å²) >= 11 is 0. The van der Waals surface area contributed by atoms with E-state index in [1.165, 1.54) is 5.56 Å². The topological polar surface area (TPSA) is 77.3 Å². The van der Waals surface area contributed by atoms with E-state index in [1.54, 1.807) is 12.4 Å². The largest absolute Gasteiger partial charge is 0.237 e. The summed E-state index contributed by atoms with van der Waals surface area (Å²) in [5.74, 6) is 1.95. The molecule has 0 N–H and O–H groups in total. The van der Waals surface area contributed by atoms with Crippen molar-refractivity contribution in [1.82, 2.24) is 29.9 Å². The quantitative estimate of drug-likeness (QED) is 0.243. The highest BCUT2D eigenvalue weighted by atomic mass is 15.0. The summed E-state index contributed by atoms with van der Waals surface area (Å²) in [6.45, 7) is 0. The van der Waals surface area contributed by atoms with Gasteiger partial charge in [0.15, 0.2) is 23.1 Å². The highest BCUT2D eigenvalue weighted by molar-refractivity contribution is 6.11. The summed E-state index contributed by atoms with van der Waals surface area (Å²) in [5, 5.41) is 0.893. The van der Waals surface area contributed by atoms with E-state index in [2.05, 4.69) is 58.5 Å². The van der Waals surface area contributed by atoms with Gasteiger partial charge in [0.05, 0.1) is 16.8 Å². The van der Waals surface area contributed by atoms with Gasteiger partial charge in [-0.1, -0.05) is 103 Å². The molecular formula is C34H20N6. The van der Waals surface area contributed by atoms with E-state index in [4.69, 9.17) is 19.9 Å². The standard InChI is InChI=1S/C34H20N6/c1-2-7-21(8-3-1)22-11-13-24(14-12-22)32-37-29-26-9-4-5-10-27(26)30-28(29)34(39-32)40-33(38-30)25-17-15-23(16-18-25)31-35-19-6-20-36-31/h1-20H. The van der Waals surface area contributed by atoms with Crippen LogP contribution in [0.15, 0.2) is 122 Å². The molecule has 0 fully saturated rings. The molecule has 0 radical (unpaired) electrons. The van der Waals surface area contributed by atoms with Crippen LogP contribution < -0.4 is 0 Å². The molecule has 0 bridgehead atoms. The van der Waals surface area contributed by atoms with Crippen LogP contribution in [-0.4, -0.2) is 29.9 Å². The molecule has 0 atom stereocenters. The Labute approximate surface area is 230 Å². The van der Waals surface area contributed by atoms with Crippen molar-refractivity contribution in [3.05, 3.63) is 122 Å². The van der Waals surface area contributed by atoms with Crippen molar-refractivity contribution in [3.8, 4) is 67.8 Å². The summed E-state index contributed by atoms with van der Waals surface area (Å²) in [6, 6.07) is 36.8. The van der Waals surface area contributed by atoms with E-state index in [-0.39, 0.29) is 0 Å². The van der Waals surface area contributed by atoms with Crippen LogP contribution in [0.4, 0.5) is 0 Å². The minimum atomic E-state index is 0.620. The Balaban J connectivity index is 1.26. The molecule has 7 aromatic rings. The summed E-state index contributed by atoms with van der Waals surface area (Å²) in [6.07, 6.45) is 3.48. The summed E-state index contributed by atoms with van der Waals surface area (Å²) in [5.41, 5.74) is 9.58. The molecule has 40 heavy (non-hydrogen) atoms. The van der Waals surface area contributed by atoms with Crippen molar-refractivity contribution < 1.29 is 0 Å². The maximum absolute atomic E-state index is 5.03. The normalized spacial score (nSPS) is 11.5. The fourth-order valence-electron chi connectivity index (χ4n) is 5.24. The first-order valence-electron chi connectivity index (χ1n) is 13.0. The van der Waals surface area contributed by atoms with Crippen molar-refractivity contribution in [2.75, 3.05) is 0 Å². The molecule has 0 amide bonds. The Morgan fingerprint density at radius 3 is 1.35 bits per heavy atom.